The van der Waals surface area contributed by atoms with Gasteiger partial charge in [0.05, 0.1) is 35.9 Å². The highest BCUT2D eigenvalue weighted by atomic mass is 79.9. The fourth-order valence-corrected chi connectivity index (χ4v) is 5.52. The van der Waals surface area contributed by atoms with Crippen LogP contribution in [0.4, 0.5) is 5.69 Å². The van der Waals surface area contributed by atoms with E-state index in [4.69, 9.17) is 14.5 Å². The number of para-hydroxylation sites is 1. The Morgan fingerprint density at radius 1 is 0.975 bits per heavy atom. The van der Waals surface area contributed by atoms with Crippen LogP contribution in [0.15, 0.2) is 111 Å². The van der Waals surface area contributed by atoms with Crippen molar-refractivity contribution in [2.24, 2.45) is 4.99 Å². The maximum Gasteiger partial charge on any atom is 0.267 e. The van der Waals surface area contributed by atoms with Gasteiger partial charge in [-0.25, -0.2) is 4.99 Å². The zero-order valence-corrected chi connectivity index (χ0v) is 24.0. The molecule has 4 aromatic rings. The maximum absolute atomic E-state index is 13.6. The van der Waals surface area contributed by atoms with Gasteiger partial charge in [-0.1, -0.05) is 82.7 Å². The number of thioether (sulfide) groups is 1. The van der Waals surface area contributed by atoms with Crippen LogP contribution < -0.4 is 9.47 Å². The van der Waals surface area contributed by atoms with Crippen molar-refractivity contribution in [1.29, 1.82) is 5.26 Å². The molecule has 40 heavy (non-hydrogen) atoms. The lowest BCUT2D eigenvalue weighted by Crippen LogP contribution is -2.28. The van der Waals surface area contributed by atoms with Crippen LogP contribution in [0.3, 0.4) is 0 Å². The first-order valence-corrected chi connectivity index (χ1v) is 14.0. The first-order valence-electron chi connectivity index (χ1n) is 12.4. The molecular weight excluding hydrogens is 586 g/mol. The zero-order chi connectivity index (χ0) is 27.9. The Bertz CT molecular complexity index is 1630. The Kier molecular flexibility index (Phi) is 8.65. The number of ether oxygens (including phenoxy) is 2. The number of rotatable bonds is 8. The number of carbonyl (C=O) groups is 1. The molecule has 0 radical (unpaired) electrons. The van der Waals surface area contributed by atoms with E-state index in [1.54, 1.807) is 18.1 Å². The van der Waals surface area contributed by atoms with Gasteiger partial charge in [0.15, 0.2) is 16.7 Å². The highest BCUT2D eigenvalue weighted by Gasteiger charge is 2.33. The monoisotopic (exact) mass is 609 g/mol. The molecular formula is C32H24BrN3O3S. The highest BCUT2D eigenvalue weighted by Crippen LogP contribution is 2.39. The Morgan fingerprint density at radius 2 is 1.68 bits per heavy atom. The Hall–Kier alpha value is -4.32. The number of hydrogen-bond acceptors (Lipinski definition) is 6. The van der Waals surface area contributed by atoms with Gasteiger partial charge in [0.25, 0.3) is 5.91 Å². The SMILES string of the molecule is COc1cc(/C=C2/SC(=Nc3ccccc3)N(Cc3ccccc3)C2=O)c(Br)cc1OCc1ccccc1C#N. The van der Waals surface area contributed by atoms with Crippen LogP contribution in [0.5, 0.6) is 11.5 Å². The number of methoxy groups -OCH3 is 1. The Labute approximate surface area is 245 Å². The van der Waals surface area contributed by atoms with Gasteiger partial charge in [-0.2, -0.15) is 5.26 Å². The molecule has 1 fully saturated rings. The number of aliphatic imine (C=N–C) groups is 1. The predicted octanol–water partition coefficient (Wildman–Crippen LogP) is 7.71. The molecule has 5 rings (SSSR count). The molecule has 1 aliphatic rings. The van der Waals surface area contributed by atoms with E-state index in [-0.39, 0.29) is 12.5 Å². The van der Waals surface area contributed by atoms with Crippen LogP contribution in [0, 0.1) is 11.3 Å². The van der Waals surface area contributed by atoms with Gasteiger partial charge in [-0.15, -0.1) is 0 Å². The van der Waals surface area contributed by atoms with Crippen molar-refractivity contribution in [3.8, 4) is 17.6 Å². The van der Waals surface area contributed by atoms with E-state index in [2.05, 4.69) is 22.0 Å². The Morgan fingerprint density at radius 3 is 2.40 bits per heavy atom. The number of benzene rings is 4. The minimum atomic E-state index is -0.122. The standard InChI is InChI=1S/C32H24BrN3O3S/c1-38-28-16-25(27(33)18-29(28)39-21-24-13-9-8-12-23(24)19-34)17-30-31(37)36(20-22-10-4-2-5-11-22)32(40-30)35-26-14-6-3-7-15-26/h2-18H,20-21H2,1H3/b30-17+,35-32?. The summed E-state index contributed by atoms with van der Waals surface area (Å²) in [4.78, 5) is 20.7. The molecule has 198 valence electrons. The molecule has 1 saturated heterocycles. The molecule has 1 amide bonds. The molecule has 1 aliphatic heterocycles. The second-order valence-corrected chi connectivity index (χ2v) is 10.7. The predicted molar refractivity (Wildman–Crippen MR) is 162 cm³/mol. The third-order valence-corrected chi connectivity index (χ3v) is 7.84. The number of amidine groups is 1. The molecule has 0 unspecified atom stereocenters. The fraction of sp³-hybridized carbons (Fsp3) is 0.0938. The second kappa shape index (κ2) is 12.7. The molecule has 0 bridgehead atoms. The first kappa shape index (κ1) is 27.3. The fourth-order valence-electron chi connectivity index (χ4n) is 4.10. The summed E-state index contributed by atoms with van der Waals surface area (Å²) in [5.41, 5.74) is 3.90. The van der Waals surface area contributed by atoms with Crippen LogP contribution in [0.1, 0.15) is 22.3 Å². The van der Waals surface area contributed by atoms with Crippen molar-refractivity contribution in [2.45, 2.75) is 13.2 Å². The summed E-state index contributed by atoms with van der Waals surface area (Å²) in [6.45, 7) is 0.631. The van der Waals surface area contributed by atoms with E-state index < -0.39 is 0 Å². The van der Waals surface area contributed by atoms with Gasteiger partial charge in [0.1, 0.15) is 6.61 Å². The molecule has 1 heterocycles. The molecule has 4 aromatic carbocycles. The van der Waals surface area contributed by atoms with Crippen LogP contribution >= 0.6 is 27.7 Å². The summed E-state index contributed by atoms with van der Waals surface area (Å²) in [6, 6.07) is 32.6. The summed E-state index contributed by atoms with van der Waals surface area (Å²) in [5.74, 6) is 0.911. The summed E-state index contributed by atoms with van der Waals surface area (Å²) < 4.78 is 12.4. The lowest BCUT2D eigenvalue weighted by molar-refractivity contribution is -0.122. The lowest BCUT2D eigenvalue weighted by Gasteiger charge is -2.15. The van der Waals surface area contributed by atoms with Gasteiger partial charge >= 0.3 is 0 Å². The molecule has 6 nitrogen and oxygen atoms in total. The number of nitriles is 1. The van der Waals surface area contributed by atoms with Crippen LogP contribution in [0.25, 0.3) is 6.08 Å². The van der Waals surface area contributed by atoms with Crippen molar-refractivity contribution in [3.05, 3.63) is 129 Å². The van der Waals surface area contributed by atoms with Gasteiger partial charge in [0.2, 0.25) is 0 Å². The summed E-state index contributed by atoms with van der Waals surface area (Å²) in [7, 11) is 1.57. The first-order chi connectivity index (χ1) is 19.6. The van der Waals surface area contributed by atoms with Crippen LogP contribution in [0.2, 0.25) is 0 Å². The van der Waals surface area contributed by atoms with E-state index in [9.17, 15) is 10.1 Å². The molecule has 0 aromatic heterocycles. The van der Waals surface area contributed by atoms with Gasteiger partial charge in [-0.05, 0) is 59.3 Å². The smallest absolute Gasteiger partial charge is 0.267 e. The molecule has 0 spiro atoms. The molecule has 0 atom stereocenters. The summed E-state index contributed by atoms with van der Waals surface area (Å²) in [5, 5.41) is 9.99. The lowest BCUT2D eigenvalue weighted by atomic mass is 10.1. The maximum atomic E-state index is 13.6. The van der Waals surface area contributed by atoms with Crippen LogP contribution in [-0.2, 0) is 17.9 Å². The molecule has 0 saturated carbocycles. The Balaban J connectivity index is 1.44. The number of carbonyl (C=O) groups excluding carboxylic acids is 1. The minimum Gasteiger partial charge on any atom is -0.493 e. The van der Waals surface area contributed by atoms with Crippen molar-refractivity contribution in [2.75, 3.05) is 7.11 Å². The van der Waals surface area contributed by atoms with E-state index in [1.807, 2.05) is 97.1 Å². The van der Waals surface area contributed by atoms with Gasteiger partial charge < -0.3 is 9.47 Å². The molecule has 0 N–H and O–H groups in total. The normalized spacial score (nSPS) is 14.9. The third-order valence-electron chi connectivity index (χ3n) is 6.14. The topological polar surface area (TPSA) is 74.9 Å². The average molecular weight is 611 g/mol. The van der Waals surface area contributed by atoms with E-state index in [0.717, 1.165) is 26.9 Å². The van der Waals surface area contributed by atoms with Gasteiger partial charge in [-0.3, -0.25) is 9.69 Å². The number of hydrogen-bond donors (Lipinski definition) is 0. The van der Waals surface area contributed by atoms with Crippen molar-refractivity contribution in [3.63, 3.8) is 0 Å². The van der Waals surface area contributed by atoms with Crippen LogP contribution in [-0.4, -0.2) is 23.1 Å². The summed E-state index contributed by atoms with van der Waals surface area (Å²) in [6.07, 6.45) is 1.83. The largest absolute Gasteiger partial charge is 0.493 e. The van der Waals surface area contributed by atoms with E-state index >= 15 is 0 Å². The van der Waals surface area contributed by atoms with Crippen molar-refractivity contribution < 1.29 is 14.3 Å². The third kappa shape index (κ3) is 6.28. The number of amides is 1. The quantitative estimate of drug-likeness (QED) is 0.191. The van der Waals surface area contributed by atoms with E-state index in [0.29, 0.717) is 33.7 Å². The molecule has 0 aliphatic carbocycles. The highest BCUT2D eigenvalue weighted by molar-refractivity contribution is 9.10. The van der Waals surface area contributed by atoms with E-state index in [1.165, 1.54) is 11.8 Å². The van der Waals surface area contributed by atoms with Crippen molar-refractivity contribution in [1.82, 2.24) is 4.90 Å². The average Bonchev–Trinajstić information content (AvgIpc) is 3.27. The summed E-state index contributed by atoms with van der Waals surface area (Å²) >= 11 is 4.97. The minimum absolute atomic E-state index is 0.122. The number of nitrogens with zero attached hydrogens (tertiary/aromatic N) is 3. The molecule has 8 heteroatoms. The zero-order valence-electron chi connectivity index (χ0n) is 21.6. The number of halogens is 1. The van der Waals surface area contributed by atoms with Crippen molar-refractivity contribution >= 4 is 50.5 Å². The van der Waals surface area contributed by atoms with Gasteiger partial charge in [0, 0.05) is 10.0 Å². The second-order valence-electron chi connectivity index (χ2n) is 8.80.